The average molecular weight is 496 g/mol. The summed E-state index contributed by atoms with van der Waals surface area (Å²) in [6, 6.07) is 12.4. The Hall–Kier alpha value is -2.25. The number of ether oxygens (including phenoxy) is 1. The fourth-order valence-corrected chi connectivity index (χ4v) is 4.12. The molecule has 0 saturated heterocycles. The van der Waals surface area contributed by atoms with E-state index in [0.717, 1.165) is 32.8 Å². The number of rotatable bonds is 7. The van der Waals surface area contributed by atoms with Crippen LogP contribution in [0.15, 0.2) is 51.4 Å². The highest BCUT2D eigenvalue weighted by Gasteiger charge is 2.34. The Bertz CT molecular complexity index is 1040. The predicted molar refractivity (Wildman–Crippen MR) is 118 cm³/mol. The van der Waals surface area contributed by atoms with Crippen LogP contribution >= 0.6 is 15.9 Å². The standard InChI is InChI=1S/C24H25BrF3NO2/c1-15-9-16(2)21(17(3)10-15)14-29(12-18-5-6-19(25)11-22(18)30-4)13-20-7-8-23(31-20)24(26,27)28/h5-11H,12-14H2,1-4H3. The van der Waals surface area contributed by atoms with Crippen LogP contribution in [-0.2, 0) is 25.8 Å². The van der Waals surface area contributed by atoms with Gasteiger partial charge in [-0.2, -0.15) is 13.2 Å². The molecule has 166 valence electrons. The minimum absolute atomic E-state index is 0.238. The monoisotopic (exact) mass is 495 g/mol. The lowest BCUT2D eigenvalue weighted by molar-refractivity contribution is -0.153. The van der Waals surface area contributed by atoms with Crippen LogP contribution in [0.3, 0.4) is 0 Å². The van der Waals surface area contributed by atoms with Crippen LogP contribution in [0.25, 0.3) is 0 Å². The van der Waals surface area contributed by atoms with E-state index < -0.39 is 11.9 Å². The van der Waals surface area contributed by atoms with Gasteiger partial charge in [0, 0.05) is 23.1 Å². The van der Waals surface area contributed by atoms with E-state index in [1.807, 2.05) is 18.2 Å². The lowest BCUT2D eigenvalue weighted by Crippen LogP contribution is -2.23. The lowest BCUT2D eigenvalue weighted by atomic mass is 9.99. The summed E-state index contributed by atoms with van der Waals surface area (Å²) in [6.45, 7) is 7.47. The molecule has 1 heterocycles. The maximum Gasteiger partial charge on any atom is 0.449 e. The van der Waals surface area contributed by atoms with Crippen molar-refractivity contribution in [3.8, 4) is 5.75 Å². The maximum atomic E-state index is 13.0. The summed E-state index contributed by atoms with van der Waals surface area (Å²) < 4.78 is 50.5. The van der Waals surface area contributed by atoms with Crippen molar-refractivity contribution >= 4 is 15.9 Å². The van der Waals surface area contributed by atoms with Crippen molar-refractivity contribution in [1.82, 2.24) is 4.90 Å². The second-order valence-corrected chi connectivity index (χ2v) is 8.66. The summed E-state index contributed by atoms with van der Waals surface area (Å²) in [6.07, 6.45) is -4.50. The first-order valence-electron chi connectivity index (χ1n) is 9.84. The number of methoxy groups -OCH3 is 1. The molecular formula is C24H25BrF3NO2. The number of furan rings is 1. The number of hydrogen-bond acceptors (Lipinski definition) is 3. The molecule has 31 heavy (non-hydrogen) atoms. The molecule has 0 spiro atoms. The molecule has 0 aliphatic rings. The summed E-state index contributed by atoms with van der Waals surface area (Å²) in [5.74, 6) is 0.00402. The highest BCUT2D eigenvalue weighted by molar-refractivity contribution is 9.10. The zero-order chi connectivity index (χ0) is 22.8. The van der Waals surface area contributed by atoms with Gasteiger partial charge in [-0.15, -0.1) is 0 Å². The zero-order valence-corrected chi connectivity index (χ0v) is 19.5. The molecule has 0 atom stereocenters. The Morgan fingerprint density at radius 3 is 2.19 bits per heavy atom. The molecule has 3 nitrogen and oxygen atoms in total. The van der Waals surface area contributed by atoms with Crippen LogP contribution in [-0.4, -0.2) is 12.0 Å². The first kappa shape index (κ1) is 23.4. The number of halogens is 4. The third kappa shape index (κ3) is 5.92. The summed E-state index contributed by atoms with van der Waals surface area (Å²) in [5, 5.41) is 0. The van der Waals surface area contributed by atoms with E-state index in [4.69, 9.17) is 9.15 Å². The number of hydrogen-bond donors (Lipinski definition) is 0. The normalized spacial score (nSPS) is 11.9. The van der Waals surface area contributed by atoms with E-state index in [-0.39, 0.29) is 12.3 Å². The van der Waals surface area contributed by atoms with E-state index in [1.54, 1.807) is 7.11 Å². The van der Waals surface area contributed by atoms with Crippen LogP contribution in [0.1, 0.15) is 39.3 Å². The van der Waals surface area contributed by atoms with Gasteiger partial charge in [-0.3, -0.25) is 4.90 Å². The predicted octanol–water partition coefficient (Wildman–Crippen LogP) is 7.20. The van der Waals surface area contributed by atoms with Crippen LogP contribution in [0, 0.1) is 20.8 Å². The summed E-state index contributed by atoms with van der Waals surface area (Å²) in [4.78, 5) is 2.06. The molecule has 0 unspecified atom stereocenters. The quantitative estimate of drug-likeness (QED) is 0.346. The van der Waals surface area contributed by atoms with E-state index in [9.17, 15) is 13.2 Å². The Balaban J connectivity index is 1.93. The van der Waals surface area contributed by atoms with Crippen LogP contribution in [0.2, 0.25) is 0 Å². The van der Waals surface area contributed by atoms with E-state index in [2.05, 4.69) is 53.7 Å². The van der Waals surface area contributed by atoms with Crippen LogP contribution < -0.4 is 4.74 Å². The molecule has 3 rings (SSSR count). The lowest BCUT2D eigenvalue weighted by Gasteiger charge is -2.25. The van der Waals surface area contributed by atoms with Crippen LogP contribution in [0.5, 0.6) is 5.75 Å². The molecule has 0 fully saturated rings. The van der Waals surface area contributed by atoms with Crippen molar-refractivity contribution in [2.45, 2.75) is 46.6 Å². The topological polar surface area (TPSA) is 25.6 Å². The SMILES string of the molecule is COc1cc(Br)ccc1CN(Cc1ccc(C(F)(F)F)o1)Cc1c(C)cc(C)cc1C. The van der Waals surface area contributed by atoms with Crippen LogP contribution in [0.4, 0.5) is 13.2 Å². The fourth-order valence-electron chi connectivity index (χ4n) is 3.78. The molecule has 7 heteroatoms. The van der Waals surface area contributed by atoms with Gasteiger partial charge in [0.1, 0.15) is 11.5 Å². The molecule has 1 aromatic heterocycles. The van der Waals surface area contributed by atoms with Crippen molar-refractivity contribution in [2.24, 2.45) is 0 Å². The third-order valence-corrected chi connectivity index (χ3v) is 5.68. The number of aryl methyl sites for hydroxylation is 3. The Kier molecular flexibility index (Phi) is 7.17. The molecule has 2 aromatic carbocycles. The number of alkyl halides is 3. The Morgan fingerprint density at radius 1 is 0.935 bits per heavy atom. The van der Waals surface area contributed by atoms with Crippen molar-refractivity contribution in [2.75, 3.05) is 7.11 Å². The minimum atomic E-state index is -4.50. The zero-order valence-electron chi connectivity index (χ0n) is 17.9. The average Bonchev–Trinajstić information content (AvgIpc) is 3.14. The number of benzene rings is 2. The van der Waals surface area contributed by atoms with Crippen molar-refractivity contribution in [3.63, 3.8) is 0 Å². The molecule has 0 radical (unpaired) electrons. The summed E-state index contributed by atoms with van der Waals surface area (Å²) >= 11 is 3.44. The van der Waals surface area contributed by atoms with Gasteiger partial charge in [0.2, 0.25) is 5.76 Å². The molecule has 0 amide bonds. The van der Waals surface area contributed by atoms with Gasteiger partial charge in [-0.25, -0.2) is 0 Å². The molecular weight excluding hydrogens is 471 g/mol. The Morgan fingerprint density at radius 2 is 1.61 bits per heavy atom. The van der Waals surface area contributed by atoms with Gasteiger partial charge in [-0.1, -0.05) is 39.7 Å². The van der Waals surface area contributed by atoms with Gasteiger partial charge >= 0.3 is 6.18 Å². The van der Waals surface area contributed by atoms with Crippen molar-refractivity contribution in [3.05, 3.63) is 86.3 Å². The highest BCUT2D eigenvalue weighted by Crippen LogP contribution is 2.32. The molecule has 0 N–H and O–H groups in total. The molecule has 3 aromatic rings. The highest BCUT2D eigenvalue weighted by atomic mass is 79.9. The van der Waals surface area contributed by atoms with Gasteiger partial charge < -0.3 is 9.15 Å². The van der Waals surface area contributed by atoms with E-state index in [1.165, 1.54) is 11.6 Å². The smallest absolute Gasteiger partial charge is 0.449 e. The molecule has 0 aliphatic carbocycles. The van der Waals surface area contributed by atoms with Crippen molar-refractivity contribution < 1.29 is 22.3 Å². The first-order valence-corrected chi connectivity index (χ1v) is 10.6. The second kappa shape index (κ2) is 9.49. The number of nitrogens with zero attached hydrogens (tertiary/aromatic N) is 1. The molecule has 0 bridgehead atoms. The van der Waals surface area contributed by atoms with Gasteiger partial charge in [0.15, 0.2) is 0 Å². The van der Waals surface area contributed by atoms with E-state index in [0.29, 0.717) is 18.8 Å². The van der Waals surface area contributed by atoms with Gasteiger partial charge in [-0.05, 0) is 61.7 Å². The minimum Gasteiger partial charge on any atom is -0.496 e. The van der Waals surface area contributed by atoms with Crippen molar-refractivity contribution in [1.29, 1.82) is 0 Å². The Labute approximate surface area is 188 Å². The van der Waals surface area contributed by atoms with Gasteiger partial charge in [0.05, 0.1) is 13.7 Å². The van der Waals surface area contributed by atoms with Gasteiger partial charge in [0.25, 0.3) is 0 Å². The largest absolute Gasteiger partial charge is 0.496 e. The summed E-state index contributed by atoms with van der Waals surface area (Å²) in [7, 11) is 1.60. The molecule has 0 saturated carbocycles. The summed E-state index contributed by atoms with van der Waals surface area (Å²) in [5.41, 5.74) is 5.59. The molecule has 0 aliphatic heterocycles. The third-order valence-electron chi connectivity index (χ3n) is 5.19. The maximum absolute atomic E-state index is 13.0. The van der Waals surface area contributed by atoms with E-state index >= 15 is 0 Å². The second-order valence-electron chi connectivity index (χ2n) is 7.74. The fraction of sp³-hybridized carbons (Fsp3) is 0.333. The first-order chi connectivity index (χ1) is 14.6.